The first-order valence-electron chi connectivity index (χ1n) is 6.77. The van der Waals surface area contributed by atoms with Gasteiger partial charge >= 0.3 is 0 Å². The highest BCUT2D eigenvalue weighted by Crippen LogP contribution is 2.11. The minimum Gasteiger partial charge on any atom is -0.368 e. The van der Waals surface area contributed by atoms with Crippen molar-refractivity contribution in [2.24, 2.45) is 11.7 Å². The highest BCUT2D eigenvalue weighted by Gasteiger charge is 2.19. The number of benzene rings is 1. The highest BCUT2D eigenvalue weighted by molar-refractivity contribution is 5.98. The van der Waals surface area contributed by atoms with Crippen LogP contribution in [0.3, 0.4) is 0 Å². The summed E-state index contributed by atoms with van der Waals surface area (Å²) in [7, 11) is 0. The maximum atomic E-state index is 12.1. The second-order valence-corrected chi connectivity index (χ2v) is 5.32. The van der Waals surface area contributed by atoms with Crippen molar-refractivity contribution < 1.29 is 14.4 Å². The van der Waals surface area contributed by atoms with Gasteiger partial charge in [0, 0.05) is 18.2 Å². The molecule has 0 saturated carbocycles. The number of amides is 3. The molecule has 1 aromatic carbocycles. The largest absolute Gasteiger partial charge is 0.368 e. The minimum atomic E-state index is -0.687. The van der Waals surface area contributed by atoms with Gasteiger partial charge < -0.3 is 16.4 Å². The molecule has 0 saturated heterocycles. The minimum absolute atomic E-state index is 0.182. The fraction of sp³-hybridized carbons (Fsp3) is 0.400. The zero-order valence-electron chi connectivity index (χ0n) is 12.5. The highest BCUT2D eigenvalue weighted by atomic mass is 16.2. The average molecular weight is 291 g/mol. The maximum Gasteiger partial charge on any atom is 0.251 e. The molecule has 0 aliphatic carbocycles. The number of rotatable bonds is 6. The second-order valence-electron chi connectivity index (χ2n) is 5.32. The van der Waals surface area contributed by atoms with E-state index in [1.165, 1.54) is 6.92 Å². The Morgan fingerprint density at radius 3 is 2.14 bits per heavy atom. The van der Waals surface area contributed by atoms with E-state index in [1.807, 2.05) is 13.8 Å². The van der Waals surface area contributed by atoms with E-state index < -0.39 is 11.9 Å². The van der Waals surface area contributed by atoms with Crippen molar-refractivity contribution in [3.63, 3.8) is 0 Å². The third kappa shape index (κ3) is 5.64. The van der Waals surface area contributed by atoms with Crippen LogP contribution in [0, 0.1) is 5.92 Å². The molecule has 6 nitrogen and oxygen atoms in total. The van der Waals surface area contributed by atoms with E-state index in [-0.39, 0.29) is 17.7 Å². The summed E-state index contributed by atoms with van der Waals surface area (Å²) in [5.74, 6) is -0.858. The zero-order valence-corrected chi connectivity index (χ0v) is 12.5. The number of nitrogens with one attached hydrogen (secondary N) is 2. The third-order valence-electron chi connectivity index (χ3n) is 2.82. The molecule has 0 heterocycles. The Balaban J connectivity index is 2.73. The molecule has 3 amide bonds. The molecule has 6 heteroatoms. The Kier molecular flexibility index (Phi) is 5.90. The van der Waals surface area contributed by atoms with E-state index in [9.17, 15) is 14.4 Å². The van der Waals surface area contributed by atoms with E-state index in [1.54, 1.807) is 24.3 Å². The summed E-state index contributed by atoms with van der Waals surface area (Å²) >= 11 is 0. The van der Waals surface area contributed by atoms with Crippen LogP contribution in [-0.2, 0) is 9.59 Å². The van der Waals surface area contributed by atoms with Crippen LogP contribution in [0.2, 0.25) is 0 Å². The first-order valence-corrected chi connectivity index (χ1v) is 6.77. The normalized spacial score (nSPS) is 11.8. The molecule has 0 aliphatic heterocycles. The fourth-order valence-corrected chi connectivity index (χ4v) is 1.87. The Morgan fingerprint density at radius 1 is 1.14 bits per heavy atom. The molecule has 0 bridgehead atoms. The lowest BCUT2D eigenvalue weighted by atomic mass is 10.0. The molecule has 0 aromatic heterocycles. The van der Waals surface area contributed by atoms with Gasteiger partial charge in [-0.25, -0.2) is 0 Å². The van der Waals surface area contributed by atoms with Gasteiger partial charge in [0.15, 0.2) is 0 Å². The predicted octanol–water partition coefficient (Wildman–Crippen LogP) is 1.27. The fourth-order valence-electron chi connectivity index (χ4n) is 1.87. The Labute approximate surface area is 124 Å². The molecular weight excluding hydrogens is 270 g/mol. The molecule has 0 aliphatic rings. The van der Waals surface area contributed by atoms with Gasteiger partial charge in [0.1, 0.15) is 6.04 Å². The Hall–Kier alpha value is -2.37. The van der Waals surface area contributed by atoms with Gasteiger partial charge in [0.25, 0.3) is 5.91 Å². The molecule has 4 N–H and O–H groups in total. The molecule has 0 fully saturated rings. The lowest BCUT2D eigenvalue weighted by Crippen LogP contribution is -2.45. The van der Waals surface area contributed by atoms with Gasteiger partial charge in [-0.3, -0.25) is 14.4 Å². The van der Waals surface area contributed by atoms with Crippen LogP contribution in [0.5, 0.6) is 0 Å². The van der Waals surface area contributed by atoms with Crippen molar-refractivity contribution in [2.45, 2.75) is 33.2 Å². The van der Waals surface area contributed by atoms with Gasteiger partial charge in [0.05, 0.1) is 0 Å². The number of nitrogens with two attached hydrogens (primary N) is 1. The van der Waals surface area contributed by atoms with Crippen LogP contribution < -0.4 is 16.4 Å². The summed E-state index contributed by atoms with van der Waals surface area (Å²) in [6, 6.07) is 5.71. The van der Waals surface area contributed by atoms with Gasteiger partial charge in [-0.2, -0.15) is 0 Å². The monoisotopic (exact) mass is 291 g/mol. The molecule has 1 atom stereocenters. The molecular formula is C15H21N3O3. The van der Waals surface area contributed by atoms with Gasteiger partial charge in [-0.15, -0.1) is 0 Å². The number of primary amides is 1. The van der Waals surface area contributed by atoms with Gasteiger partial charge in [-0.1, -0.05) is 13.8 Å². The van der Waals surface area contributed by atoms with Crippen LogP contribution in [0.15, 0.2) is 24.3 Å². The molecule has 0 radical (unpaired) electrons. The van der Waals surface area contributed by atoms with Crippen LogP contribution in [0.4, 0.5) is 5.69 Å². The smallest absolute Gasteiger partial charge is 0.251 e. The maximum absolute atomic E-state index is 12.1. The zero-order chi connectivity index (χ0) is 16.0. The Morgan fingerprint density at radius 2 is 1.71 bits per heavy atom. The van der Waals surface area contributed by atoms with E-state index in [4.69, 9.17) is 5.73 Å². The summed E-state index contributed by atoms with van der Waals surface area (Å²) in [4.78, 5) is 34.3. The second kappa shape index (κ2) is 7.42. The number of hydrogen-bond donors (Lipinski definition) is 3. The summed E-state index contributed by atoms with van der Waals surface area (Å²) in [6.07, 6.45) is 0.491. The quantitative estimate of drug-likeness (QED) is 0.735. The number of carbonyl (C=O) groups excluding carboxylic acids is 3. The van der Waals surface area contributed by atoms with Crippen molar-refractivity contribution in [1.29, 1.82) is 0 Å². The molecule has 1 aromatic rings. The molecule has 1 rings (SSSR count). The van der Waals surface area contributed by atoms with Gasteiger partial charge in [-0.05, 0) is 36.6 Å². The molecule has 114 valence electrons. The van der Waals surface area contributed by atoms with Gasteiger partial charge in [0.2, 0.25) is 11.8 Å². The number of anilines is 1. The van der Waals surface area contributed by atoms with Crippen LogP contribution in [-0.4, -0.2) is 23.8 Å². The van der Waals surface area contributed by atoms with Crippen molar-refractivity contribution in [3.8, 4) is 0 Å². The summed E-state index contributed by atoms with van der Waals surface area (Å²) < 4.78 is 0. The first-order chi connectivity index (χ1) is 9.79. The van der Waals surface area contributed by atoms with Crippen molar-refractivity contribution in [2.75, 3.05) is 5.32 Å². The van der Waals surface area contributed by atoms with E-state index in [0.717, 1.165) is 0 Å². The third-order valence-corrected chi connectivity index (χ3v) is 2.82. The summed E-state index contributed by atoms with van der Waals surface area (Å²) in [5, 5.41) is 5.23. The Bertz CT molecular complexity index is 523. The summed E-state index contributed by atoms with van der Waals surface area (Å²) in [6.45, 7) is 5.30. The van der Waals surface area contributed by atoms with Crippen LogP contribution in [0.1, 0.15) is 37.6 Å². The van der Waals surface area contributed by atoms with E-state index in [2.05, 4.69) is 10.6 Å². The van der Waals surface area contributed by atoms with E-state index >= 15 is 0 Å². The standard InChI is InChI=1S/C15H21N3O3/c1-9(2)8-13(14(16)20)18-15(21)11-4-6-12(7-5-11)17-10(3)19/h4-7,9,13H,8H2,1-3H3,(H2,16,20)(H,17,19)(H,18,21)/t13-/m0/s1. The summed E-state index contributed by atoms with van der Waals surface area (Å²) in [5.41, 5.74) is 6.30. The van der Waals surface area contributed by atoms with Crippen molar-refractivity contribution in [3.05, 3.63) is 29.8 Å². The lowest BCUT2D eigenvalue weighted by Gasteiger charge is -2.17. The molecule has 0 spiro atoms. The van der Waals surface area contributed by atoms with Crippen LogP contribution >= 0.6 is 0 Å². The van der Waals surface area contributed by atoms with Crippen LogP contribution in [0.25, 0.3) is 0 Å². The first kappa shape index (κ1) is 16.7. The van der Waals surface area contributed by atoms with Crippen molar-refractivity contribution in [1.82, 2.24) is 5.32 Å². The average Bonchev–Trinajstić information content (AvgIpc) is 2.37. The number of hydrogen-bond acceptors (Lipinski definition) is 3. The lowest BCUT2D eigenvalue weighted by molar-refractivity contribution is -0.120. The topological polar surface area (TPSA) is 101 Å². The number of carbonyl (C=O) groups is 3. The molecule has 21 heavy (non-hydrogen) atoms. The predicted molar refractivity (Wildman–Crippen MR) is 80.6 cm³/mol. The molecule has 0 unspecified atom stereocenters. The SMILES string of the molecule is CC(=O)Nc1ccc(C(=O)N[C@@H](CC(C)C)C(N)=O)cc1. The van der Waals surface area contributed by atoms with Crippen molar-refractivity contribution >= 4 is 23.4 Å². The van der Waals surface area contributed by atoms with E-state index in [0.29, 0.717) is 17.7 Å².